The fourth-order valence-electron chi connectivity index (χ4n) is 2.05. The average Bonchev–Trinajstić information content (AvgIpc) is 3.00. The maximum Gasteiger partial charge on any atom is 0.303 e. The molecular formula is C13H15BrO3S. The molecule has 3 nitrogen and oxygen atoms in total. The van der Waals surface area contributed by atoms with Crippen LogP contribution in [0.15, 0.2) is 28.7 Å². The highest BCUT2D eigenvalue weighted by Gasteiger charge is 2.45. The third-order valence-corrected chi connectivity index (χ3v) is 5.57. The van der Waals surface area contributed by atoms with Crippen LogP contribution in [-0.4, -0.2) is 21.0 Å². The normalized spacial score (nSPS) is 18.3. The van der Waals surface area contributed by atoms with E-state index in [1.807, 2.05) is 24.3 Å². The van der Waals surface area contributed by atoms with Gasteiger partial charge in [0.2, 0.25) is 0 Å². The van der Waals surface area contributed by atoms with Gasteiger partial charge in [0.1, 0.15) is 0 Å². The number of benzene rings is 1. The van der Waals surface area contributed by atoms with Crippen molar-refractivity contribution in [2.24, 2.45) is 5.41 Å². The van der Waals surface area contributed by atoms with Crippen molar-refractivity contribution in [3.8, 4) is 0 Å². The minimum Gasteiger partial charge on any atom is -0.481 e. The van der Waals surface area contributed by atoms with Gasteiger partial charge in [-0.15, -0.1) is 0 Å². The predicted octanol–water partition coefficient (Wildman–Crippen LogP) is 2.95. The Bertz CT molecular complexity index is 483. The van der Waals surface area contributed by atoms with E-state index in [1.165, 1.54) is 0 Å². The van der Waals surface area contributed by atoms with E-state index in [0.29, 0.717) is 11.5 Å². The molecule has 1 aromatic rings. The summed E-state index contributed by atoms with van der Waals surface area (Å²) in [5, 5.41) is 8.83. The van der Waals surface area contributed by atoms with Gasteiger partial charge in [-0.3, -0.25) is 9.00 Å². The van der Waals surface area contributed by atoms with Crippen LogP contribution in [-0.2, 0) is 21.3 Å². The van der Waals surface area contributed by atoms with Gasteiger partial charge in [0.25, 0.3) is 0 Å². The SMILES string of the molecule is O=C(O)CC1(CS(=O)Cc2ccccc2Br)CC1. The summed E-state index contributed by atoms with van der Waals surface area (Å²) < 4.78 is 13.1. The Hall–Kier alpha value is -0.680. The number of carboxylic acid groups (broad SMARTS) is 1. The second-order valence-electron chi connectivity index (χ2n) is 4.89. The van der Waals surface area contributed by atoms with Crippen molar-refractivity contribution >= 4 is 32.7 Å². The fourth-order valence-corrected chi connectivity index (χ4v) is 4.44. The maximum atomic E-state index is 12.1. The lowest BCUT2D eigenvalue weighted by Crippen LogP contribution is -2.17. The Morgan fingerprint density at radius 1 is 1.39 bits per heavy atom. The molecule has 0 aliphatic heterocycles. The molecule has 0 amide bonds. The van der Waals surface area contributed by atoms with Gasteiger partial charge in [-0.05, 0) is 29.9 Å². The molecule has 1 saturated carbocycles. The molecule has 0 bridgehead atoms. The molecule has 1 aliphatic rings. The number of aliphatic carboxylic acids is 1. The highest BCUT2D eigenvalue weighted by molar-refractivity contribution is 9.10. The first-order valence-corrected chi connectivity index (χ1v) is 8.09. The molecule has 0 aromatic heterocycles. The molecule has 5 heteroatoms. The summed E-state index contributed by atoms with van der Waals surface area (Å²) in [6, 6.07) is 7.71. The summed E-state index contributed by atoms with van der Waals surface area (Å²) in [5.41, 5.74) is 0.819. The van der Waals surface area contributed by atoms with Gasteiger partial charge in [-0.2, -0.15) is 0 Å². The van der Waals surface area contributed by atoms with E-state index >= 15 is 0 Å². The number of hydrogen-bond donors (Lipinski definition) is 1. The largest absolute Gasteiger partial charge is 0.481 e. The summed E-state index contributed by atoms with van der Waals surface area (Å²) >= 11 is 3.43. The van der Waals surface area contributed by atoms with Crippen LogP contribution in [0.1, 0.15) is 24.8 Å². The van der Waals surface area contributed by atoms with Crippen molar-refractivity contribution in [1.82, 2.24) is 0 Å². The van der Waals surface area contributed by atoms with Gasteiger partial charge in [-0.1, -0.05) is 34.1 Å². The molecule has 0 heterocycles. The van der Waals surface area contributed by atoms with Gasteiger partial charge >= 0.3 is 5.97 Å². The van der Waals surface area contributed by atoms with Crippen LogP contribution in [0, 0.1) is 5.41 Å². The Kier molecular flexibility index (Phi) is 4.22. The van der Waals surface area contributed by atoms with Gasteiger partial charge in [0, 0.05) is 26.8 Å². The van der Waals surface area contributed by atoms with E-state index < -0.39 is 16.8 Å². The number of carboxylic acids is 1. The first kappa shape index (κ1) is 13.7. The number of rotatable bonds is 6. The van der Waals surface area contributed by atoms with Gasteiger partial charge in [-0.25, -0.2) is 0 Å². The zero-order valence-corrected chi connectivity index (χ0v) is 12.3. The number of halogens is 1. The van der Waals surface area contributed by atoms with Gasteiger partial charge < -0.3 is 5.11 Å². The summed E-state index contributed by atoms with van der Waals surface area (Å²) in [6.45, 7) is 0. The Labute approximate surface area is 117 Å². The molecule has 1 aromatic carbocycles. The standard InChI is InChI=1S/C13H15BrO3S/c14-11-4-2-1-3-10(11)8-18(17)9-13(5-6-13)7-12(15)16/h1-4H,5-9H2,(H,15,16). The third kappa shape index (κ3) is 3.65. The zero-order valence-electron chi connectivity index (χ0n) is 9.89. The summed E-state index contributed by atoms with van der Waals surface area (Å²) in [7, 11) is -0.998. The number of hydrogen-bond acceptors (Lipinski definition) is 2. The molecule has 98 valence electrons. The van der Waals surface area contributed by atoms with Crippen LogP contribution < -0.4 is 0 Å². The van der Waals surface area contributed by atoms with Gasteiger partial charge in [0.15, 0.2) is 0 Å². The maximum absolute atomic E-state index is 12.1. The lowest BCUT2D eigenvalue weighted by Gasteiger charge is -2.12. The highest BCUT2D eigenvalue weighted by Crippen LogP contribution is 2.49. The van der Waals surface area contributed by atoms with E-state index in [4.69, 9.17) is 5.11 Å². The molecule has 0 spiro atoms. The molecule has 0 saturated heterocycles. The van der Waals surface area contributed by atoms with Crippen molar-refractivity contribution < 1.29 is 14.1 Å². The molecule has 2 rings (SSSR count). The Balaban J connectivity index is 1.94. The lowest BCUT2D eigenvalue weighted by molar-refractivity contribution is -0.138. The van der Waals surface area contributed by atoms with E-state index in [0.717, 1.165) is 22.9 Å². The molecule has 1 fully saturated rings. The summed E-state index contributed by atoms with van der Waals surface area (Å²) in [5.74, 6) is 0.203. The summed E-state index contributed by atoms with van der Waals surface area (Å²) in [4.78, 5) is 10.7. The van der Waals surface area contributed by atoms with E-state index in [1.54, 1.807) is 0 Å². The Morgan fingerprint density at radius 2 is 2.06 bits per heavy atom. The molecular weight excluding hydrogens is 316 g/mol. The highest BCUT2D eigenvalue weighted by atomic mass is 79.9. The minimum absolute atomic E-state index is 0.148. The smallest absolute Gasteiger partial charge is 0.303 e. The molecule has 0 radical (unpaired) electrons. The first-order chi connectivity index (χ1) is 8.51. The van der Waals surface area contributed by atoms with Crippen molar-refractivity contribution in [2.45, 2.75) is 25.0 Å². The van der Waals surface area contributed by atoms with Crippen LogP contribution in [0.3, 0.4) is 0 Å². The molecule has 18 heavy (non-hydrogen) atoms. The quantitative estimate of drug-likeness (QED) is 0.872. The van der Waals surface area contributed by atoms with Crippen LogP contribution in [0.5, 0.6) is 0 Å². The second kappa shape index (κ2) is 5.53. The molecule has 1 atom stereocenters. The first-order valence-electron chi connectivity index (χ1n) is 5.81. The van der Waals surface area contributed by atoms with Crippen molar-refractivity contribution in [2.75, 3.05) is 5.75 Å². The van der Waals surface area contributed by atoms with Crippen molar-refractivity contribution in [3.63, 3.8) is 0 Å². The van der Waals surface area contributed by atoms with E-state index in [2.05, 4.69) is 15.9 Å². The third-order valence-electron chi connectivity index (χ3n) is 3.22. The van der Waals surface area contributed by atoms with Crippen LogP contribution >= 0.6 is 15.9 Å². The topological polar surface area (TPSA) is 54.4 Å². The number of carbonyl (C=O) groups is 1. The fraction of sp³-hybridized carbons (Fsp3) is 0.462. The van der Waals surface area contributed by atoms with E-state index in [-0.39, 0.29) is 11.8 Å². The average molecular weight is 331 g/mol. The zero-order chi connectivity index (χ0) is 13.2. The lowest BCUT2D eigenvalue weighted by atomic mass is 10.1. The van der Waals surface area contributed by atoms with E-state index in [9.17, 15) is 9.00 Å². The van der Waals surface area contributed by atoms with Crippen LogP contribution in [0.2, 0.25) is 0 Å². The molecule has 1 aliphatic carbocycles. The molecule has 1 N–H and O–H groups in total. The monoisotopic (exact) mass is 330 g/mol. The minimum atomic E-state index is -0.998. The van der Waals surface area contributed by atoms with Crippen molar-refractivity contribution in [1.29, 1.82) is 0 Å². The van der Waals surface area contributed by atoms with Crippen molar-refractivity contribution in [3.05, 3.63) is 34.3 Å². The van der Waals surface area contributed by atoms with Gasteiger partial charge in [0.05, 0.1) is 6.42 Å². The van der Waals surface area contributed by atoms with Crippen LogP contribution in [0.25, 0.3) is 0 Å². The summed E-state index contributed by atoms with van der Waals surface area (Å²) in [6.07, 6.45) is 1.93. The second-order valence-corrected chi connectivity index (χ2v) is 7.20. The Morgan fingerprint density at radius 3 is 2.61 bits per heavy atom. The predicted molar refractivity (Wildman–Crippen MR) is 74.8 cm³/mol. The molecule has 1 unspecified atom stereocenters. The van der Waals surface area contributed by atoms with Crippen LogP contribution in [0.4, 0.5) is 0 Å².